The molecule has 0 aromatic heterocycles. The molecule has 3 nitrogen and oxygen atoms in total. The third-order valence-electron chi connectivity index (χ3n) is 3.75. The first-order valence-corrected chi connectivity index (χ1v) is 6.76. The first-order valence-electron chi connectivity index (χ1n) is 6.76. The van der Waals surface area contributed by atoms with Crippen molar-refractivity contribution in [3.8, 4) is 0 Å². The predicted octanol–water partition coefficient (Wildman–Crippen LogP) is 3.47. The van der Waals surface area contributed by atoms with E-state index in [-0.39, 0.29) is 46.9 Å². The zero-order chi connectivity index (χ0) is 13.8. The van der Waals surface area contributed by atoms with Crippen molar-refractivity contribution >= 4 is 17.1 Å². The fourth-order valence-electron chi connectivity index (χ4n) is 2.26. The van der Waals surface area contributed by atoms with Crippen LogP contribution in [0, 0.1) is 53.5 Å². The standard InChI is InChI=1S/C16H22N3.Yb/c1-12-11-14(9-10-19(12)4)18-16-8-6-5-7-15(16)13(2)17-3;/h5-8,10,12H,9,11H2,1-4H3;/q-1;. The summed E-state index contributed by atoms with van der Waals surface area (Å²) >= 11 is 0. The van der Waals surface area contributed by atoms with Gasteiger partial charge < -0.3 is 4.90 Å². The van der Waals surface area contributed by atoms with E-state index in [2.05, 4.69) is 42.5 Å². The Labute approximate surface area is 160 Å². The fourth-order valence-corrected chi connectivity index (χ4v) is 2.26. The number of aliphatic imine (C=N–C) groups is 2. The number of likely N-dealkylation sites (tertiary alicyclic amines) is 1. The van der Waals surface area contributed by atoms with Crippen LogP contribution in [0.5, 0.6) is 0 Å². The maximum Gasteiger partial charge on any atom is 0.0718 e. The quantitative estimate of drug-likeness (QED) is 0.523. The molecule has 0 saturated carbocycles. The van der Waals surface area contributed by atoms with E-state index in [4.69, 9.17) is 4.99 Å². The molecule has 0 N–H and O–H groups in total. The molecule has 1 aliphatic rings. The first-order chi connectivity index (χ1) is 9.11. The van der Waals surface area contributed by atoms with E-state index in [1.54, 1.807) is 0 Å². The van der Waals surface area contributed by atoms with Crippen molar-refractivity contribution in [3.05, 3.63) is 36.4 Å². The molecule has 0 amide bonds. The van der Waals surface area contributed by atoms with Crippen LogP contribution in [-0.4, -0.2) is 36.5 Å². The summed E-state index contributed by atoms with van der Waals surface area (Å²) in [7, 11) is 3.95. The summed E-state index contributed by atoms with van der Waals surface area (Å²) in [5.41, 5.74) is 4.45. The second-order valence-electron chi connectivity index (χ2n) is 5.11. The molecule has 2 rings (SSSR count). The molecule has 1 atom stereocenters. The largest absolute Gasteiger partial charge is 0.456 e. The molecule has 0 spiro atoms. The summed E-state index contributed by atoms with van der Waals surface area (Å²) in [5, 5.41) is 0. The van der Waals surface area contributed by atoms with Gasteiger partial charge >= 0.3 is 0 Å². The minimum absolute atomic E-state index is 0. The number of rotatable bonds is 2. The average molecular weight is 429 g/mol. The minimum atomic E-state index is 0. The van der Waals surface area contributed by atoms with Crippen LogP contribution in [0.1, 0.15) is 32.3 Å². The fraction of sp³-hybridized carbons (Fsp3) is 0.438. The molecule has 1 saturated heterocycles. The molecule has 0 bridgehead atoms. The summed E-state index contributed by atoms with van der Waals surface area (Å²) in [6.07, 6.45) is 1.97. The third kappa shape index (κ3) is 4.52. The molecule has 0 radical (unpaired) electrons. The van der Waals surface area contributed by atoms with E-state index in [1.165, 1.54) is 5.71 Å². The van der Waals surface area contributed by atoms with Crippen LogP contribution in [0.2, 0.25) is 0 Å². The van der Waals surface area contributed by atoms with E-state index in [0.29, 0.717) is 6.04 Å². The number of benzene rings is 1. The molecule has 0 aliphatic carbocycles. The monoisotopic (exact) mass is 430 g/mol. The summed E-state index contributed by atoms with van der Waals surface area (Å²) in [5.74, 6) is 0. The van der Waals surface area contributed by atoms with Crippen LogP contribution in [0.25, 0.3) is 0 Å². The second kappa shape index (κ2) is 8.47. The Balaban J connectivity index is 0.00000200. The number of nitrogens with zero attached hydrogens (tertiary/aromatic N) is 3. The average Bonchev–Trinajstić information content (AvgIpc) is 2.43. The van der Waals surface area contributed by atoms with Crippen LogP contribution >= 0.6 is 0 Å². The molecule has 1 aromatic carbocycles. The molecule has 1 fully saturated rings. The van der Waals surface area contributed by atoms with Crippen LogP contribution in [0.15, 0.2) is 34.3 Å². The Bertz CT molecular complexity index is 508. The number of hydrogen-bond donors (Lipinski definition) is 0. The van der Waals surface area contributed by atoms with Gasteiger partial charge in [0.25, 0.3) is 0 Å². The van der Waals surface area contributed by atoms with Gasteiger partial charge in [-0.3, -0.25) is 16.5 Å². The molecule has 1 heterocycles. The smallest absolute Gasteiger partial charge is 0.0718 e. The Morgan fingerprint density at radius 1 is 1.35 bits per heavy atom. The predicted molar refractivity (Wildman–Crippen MR) is 82.4 cm³/mol. The van der Waals surface area contributed by atoms with Gasteiger partial charge in [0.15, 0.2) is 0 Å². The van der Waals surface area contributed by atoms with E-state index in [9.17, 15) is 0 Å². The van der Waals surface area contributed by atoms with E-state index < -0.39 is 0 Å². The molecule has 116 valence electrons. The Kier molecular flexibility index (Phi) is 7.66. The second-order valence-corrected chi connectivity index (χ2v) is 5.11. The molecule has 1 unspecified atom stereocenters. The van der Waals surface area contributed by atoms with Crippen molar-refractivity contribution in [1.29, 1.82) is 0 Å². The molecule has 1 aromatic rings. The van der Waals surface area contributed by atoms with Gasteiger partial charge in [0, 0.05) is 65.2 Å². The molecular formula is C16H22N3Yb-. The van der Waals surface area contributed by atoms with Crippen LogP contribution in [-0.2, 0) is 0 Å². The van der Waals surface area contributed by atoms with Crippen molar-refractivity contribution in [2.45, 2.75) is 32.7 Å². The van der Waals surface area contributed by atoms with E-state index in [0.717, 1.165) is 29.8 Å². The van der Waals surface area contributed by atoms with Crippen molar-refractivity contribution < 1.29 is 46.9 Å². The van der Waals surface area contributed by atoms with Gasteiger partial charge in [-0.05, 0) is 38.2 Å². The maximum atomic E-state index is 4.85. The van der Waals surface area contributed by atoms with Gasteiger partial charge in [0.1, 0.15) is 0 Å². The number of para-hydroxylation sites is 1. The maximum absolute atomic E-state index is 4.85. The summed E-state index contributed by atoms with van der Waals surface area (Å²) in [4.78, 5) is 11.4. The minimum Gasteiger partial charge on any atom is -0.456 e. The van der Waals surface area contributed by atoms with Crippen molar-refractivity contribution in [2.24, 2.45) is 9.98 Å². The van der Waals surface area contributed by atoms with Crippen molar-refractivity contribution in [1.82, 2.24) is 4.90 Å². The Hall–Kier alpha value is 0.0395. The molecule has 1 aliphatic heterocycles. The van der Waals surface area contributed by atoms with Crippen LogP contribution < -0.4 is 0 Å². The zero-order valence-electron chi connectivity index (χ0n) is 12.5. The summed E-state index contributed by atoms with van der Waals surface area (Å²) < 4.78 is 0. The Morgan fingerprint density at radius 2 is 2.05 bits per heavy atom. The molecule has 4 heteroatoms. The van der Waals surface area contributed by atoms with Gasteiger partial charge in [-0.25, -0.2) is 0 Å². The number of hydrogen-bond acceptors (Lipinski definition) is 3. The van der Waals surface area contributed by atoms with Crippen molar-refractivity contribution in [2.75, 3.05) is 14.1 Å². The van der Waals surface area contributed by atoms with Gasteiger partial charge in [-0.15, -0.1) is 6.42 Å². The van der Waals surface area contributed by atoms with Crippen molar-refractivity contribution in [3.63, 3.8) is 0 Å². The van der Waals surface area contributed by atoms with Gasteiger partial charge in [0.05, 0.1) is 5.69 Å². The van der Waals surface area contributed by atoms with Gasteiger partial charge in [-0.2, -0.15) is 0 Å². The van der Waals surface area contributed by atoms with Gasteiger partial charge in [0.2, 0.25) is 0 Å². The number of piperidine rings is 1. The molecular weight excluding hydrogens is 407 g/mol. The molecule has 20 heavy (non-hydrogen) atoms. The summed E-state index contributed by atoms with van der Waals surface area (Å²) in [6, 6.07) is 8.76. The third-order valence-corrected chi connectivity index (χ3v) is 3.75. The SMILES string of the molecule is CN=C(C)c1ccccc1N=C1C[CH-]N(C)C(C)C1.[Yb]. The van der Waals surface area contributed by atoms with Crippen LogP contribution in [0.3, 0.4) is 0 Å². The Morgan fingerprint density at radius 3 is 2.70 bits per heavy atom. The summed E-state index contributed by atoms with van der Waals surface area (Å²) in [6.45, 7) is 6.48. The van der Waals surface area contributed by atoms with E-state index >= 15 is 0 Å². The van der Waals surface area contributed by atoms with Crippen LogP contribution in [0.4, 0.5) is 5.69 Å². The van der Waals surface area contributed by atoms with E-state index in [1.807, 2.05) is 26.1 Å². The first kappa shape index (κ1) is 18.1. The van der Waals surface area contributed by atoms with Gasteiger partial charge in [-0.1, -0.05) is 25.1 Å². The zero-order valence-corrected chi connectivity index (χ0v) is 14.2. The normalized spacial score (nSPS) is 22.7. The topological polar surface area (TPSA) is 28.0 Å².